The molecule has 0 saturated carbocycles. The van der Waals surface area contributed by atoms with Gasteiger partial charge < -0.3 is 5.11 Å². The molecule has 1 aromatic carbocycles. The lowest BCUT2D eigenvalue weighted by molar-refractivity contribution is -0.131. The molecule has 0 spiro atoms. The van der Waals surface area contributed by atoms with Crippen LogP contribution >= 0.6 is 0 Å². The van der Waals surface area contributed by atoms with Gasteiger partial charge >= 0.3 is 5.97 Å². The largest absolute Gasteiger partial charge is 0.478 e. The fourth-order valence-corrected chi connectivity index (χ4v) is 2.00. The monoisotopic (exact) mass is 265 g/mol. The van der Waals surface area contributed by atoms with Crippen LogP contribution < -0.4 is 0 Å². The highest BCUT2D eigenvalue weighted by Crippen LogP contribution is 2.18. The molecule has 5 heteroatoms. The highest BCUT2D eigenvalue weighted by atomic mass is 16.4. The maximum atomic E-state index is 10.5. The van der Waals surface area contributed by atoms with E-state index in [9.17, 15) is 4.79 Å². The van der Waals surface area contributed by atoms with E-state index in [0.717, 1.165) is 22.7 Å². The minimum Gasteiger partial charge on any atom is -0.478 e. The number of carboxylic acid groups (broad SMARTS) is 1. The standard InChI is InChI=1S/C15H11N3O2/c19-15(20)6-5-11-7-13(10-16-8-11)18-14-4-2-1-3-12(14)9-17-18/h1-10H,(H,19,20)/b6-5+. The summed E-state index contributed by atoms with van der Waals surface area (Å²) in [5.41, 5.74) is 2.48. The number of para-hydroxylation sites is 1. The van der Waals surface area contributed by atoms with Gasteiger partial charge in [0, 0.05) is 17.7 Å². The Morgan fingerprint density at radius 3 is 2.90 bits per heavy atom. The van der Waals surface area contributed by atoms with Crippen LogP contribution in [-0.2, 0) is 4.79 Å². The average Bonchev–Trinajstić information content (AvgIpc) is 2.89. The van der Waals surface area contributed by atoms with E-state index < -0.39 is 5.97 Å². The van der Waals surface area contributed by atoms with Crippen molar-refractivity contribution in [3.8, 4) is 5.69 Å². The number of fused-ring (bicyclic) bond motifs is 1. The van der Waals surface area contributed by atoms with Crippen molar-refractivity contribution >= 4 is 22.9 Å². The number of hydrogen-bond acceptors (Lipinski definition) is 3. The van der Waals surface area contributed by atoms with Crippen LogP contribution in [0, 0.1) is 0 Å². The molecule has 98 valence electrons. The lowest BCUT2D eigenvalue weighted by Gasteiger charge is -2.03. The molecule has 2 aromatic heterocycles. The van der Waals surface area contributed by atoms with E-state index in [4.69, 9.17) is 5.11 Å². The number of benzene rings is 1. The van der Waals surface area contributed by atoms with Gasteiger partial charge in [-0.3, -0.25) is 4.98 Å². The second-order valence-corrected chi connectivity index (χ2v) is 4.26. The predicted molar refractivity (Wildman–Crippen MR) is 75.5 cm³/mol. The van der Waals surface area contributed by atoms with Crippen molar-refractivity contribution in [1.29, 1.82) is 0 Å². The molecule has 0 saturated heterocycles. The number of pyridine rings is 1. The zero-order valence-corrected chi connectivity index (χ0v) is 10.5. The number of carboxylic acids is 1. The van der Waals surface area contributed by atoms with E-state index in [0.29, 0.717) is 5.56 Å². The highest BCUT2D eigenvalue weighted by Gasteiger charge is 2.04. The zero-order valence-electron chi connectivity index (χ0n) is 10.5. The molecule has 0 aliphatic heterocycles. The summed E-state index contributed by atoms with van der Waals surface area (Å²) in [5, 5.41) is 14.0. The molecule has 20 heavy (non-hydrogen) atoms. The summed E-state index contributed by atoms with van der Waals surface area (Å²) >= 11 is 0. The van der Waals surface area contributed by atoms with Crippen LogP contribution in [0.1, 0.15) is 5.56 Å². The molecule has 3 aromatic rings. The smallest absolute Gasteiger partial charge is 0.328 e. The Bertz CT molecular complexity index is 805. The third-order valence-electron chi connectivity index (χ3n) is 2.89. The van der Waals surface area contributed by atoms with Crippen LogP contribution in [0.5, 0.6) is 0 Å². The normalized spacial score (nSPS) is 11.2. The summed E-state index contributed by atoms with van der Waals surface area (Å²) in [5.74, 6) is -0.986. The van der Waals surface area contributed by atoms with E-state index in [1.54, 1.807) is 23.3 Å². The van der Waals surface area contributed by atoms with E-state index in [1.165, 1.54) is 6.08 Å². The van der Waals surface area contributed by atoms with Gasteiger partial charge in [-0.25, -0.2) is 9.48 Å². The zero-order chi connectivity index (χ0) is 13.9. The molecule has 0 amide bonds. The lowest BCUT2D eigenvalue weighted by Crippen LogP contribution is -1.97. The SMILES string of the molecule is O=C(O)/C=C/c1cncc(-n2ncc3ccccc32)c1. The molecule has 0 bridgehead atoms. The number of nitrogens with zero attached hydrogens (tertiary/aromatic N) is 3. The Labute approximate surface area is 114 Å². The van der Waals surface area contributed by atoms with E-state index in [-0.39, 0.29) is 0 Å². The maximum Gasteiger partial charge on any atom is 0.328 e. The van der Waals surface area contributed by atoms with Crippen molar-refractivity contribution in [3.63, 3.8) is 0 Å². The van der Waals surface area contributed by atoms with Crippen LogP contribution in [0.15, 0.2) is 55.0 Å². The van der Waals surface area contributed by atoms with Crippen LogP contribution in [0.25, 0.3) is 22.7 Å². The van der Waals surface area contributed by atoms with E-state index >= 15 is 0 Å². The average molecular weight is 265 g/mol. The molecule has 3 rings (SSSR count). The second kappa shape index (κ2) is 4.97. The number of rotatable bonds is 3. The second-order valence-electron chi connectivity index (χ2n) is 4.26. The van der Waals surface area contributed by atoms with Crippen LogP contribution in [0.4, 0.5) is 0 Å². The van der Waals surface area contributed by atoms with Crippen LogP contribution in [0.3, 0.4) is 0 Å². The van der Waals surface area contributed by atoms with Crippen LogP contribution in [-0.4, -0.2) is 25.8 Å². The lowest BCUT2D eigenvalue weighted by atomic mass is 10.2. The summed E-state index contributed by atoms with van der Waals surface area (Å²) < 4.78 is 1.78. The minimum absolute atomic E-state index is 0.712. The van der Waals surface area contributed by atoms with Gasteiger partial charge in [-0.15, -0.1) is 0 Å². The molecular weight excluding hydrogens is 254 g/mol. The topological polar surface area (TPSA) is 68.0 Å². The first-order valence-corrected chi connectivity index (χ1v) is 6.03. The van der Waals surface area contributed by atoms with Gasteiger partial charge in [-0.1, -0.05) is 18.2 Å². The highest BCUT2D eigenvalue weighted by molar-refractivity contribution is 5.85. The first-order chi connectivity index (χ1) is 9.74. The molecule has 0 radical (unpaired) electrons. The Balaban J connectivity index is 2.06. The van der Waals surface area contributed by atoms with Crippen molar-refractivity contribution in [2.45, 2.75) is 0 Å². The molecule has 0 aliphatic carbocycles. The van der Waals surface area contributed by atoms with Gasteiger partial charge in [0.1, 0.15) is 0 Å². The van der Waals surface area contributed by atoms with Gasteiger partial charge in [0.15, 0.2) is 0 Å². The number of aliphatic carboxylic acids is 1. The van der Waals surface area contributed by atoms with Crippen molar-refractivity contribution in [3.05, 3.63) is 60.6 Å². The van der Waals surface area contributed by atoms with Gasteiger partial charge in [0.05, 0.1) is 23.6 Å². The molecule has 0 unspecified atom stereocenters. The minimum atomic E-state index is -0.986. The first-order valence-electron chi connectivity index (χ1n) is 6.03. The van der Waals surface area contributed by atoms with Crippen LogP contribution in [0.2, 0.25) is 0 Å². The maximum absolute atomic E-state index is 10.5. The summed E-state index contributed by atoms with van der Waals surface area (Å²) in [6.45, 7) is 0. The quantitative estimate of drug-likeness (QED) is 0.739. The first kappa shape index (κ1) is 12.1. The Kier molecular flexibility index (Phi) is 3.01. The summed E-state index contributed by atoms with van der Waals surface area (Å²) in [4.78, 5) is 14.7. The molecular formula is C15H11N3O2. The van der Waals surface area contributed by atoms with Gasteiger partial charge in [0.2, 0.25) is 0 Å². The molecule has 5 nitrogen and oxygen atoms in total. The van der Waals surface area contributed by atoms with Crippen molar-refractivity contribution in [1.82, 2.24) is 14.8 Å². The molecule has 0 fully saturated rings. The number of carbonyl (C=O) groups is 1. The Hall–Kier alpha value is -2.95. The number of aromatic nitrogens is 3. The van der Waals surface area contributed by atoms with E-state index in [2.05, 4.69) is 10.1 Å². The van der Waals surface area contributed by atoms with E-state index in [1.807, 2.05) is 30.3 Å². The Morgan fingerprint density at radius 1 is 1.20 bits per heavy atom. The van der Waals surface area contributed by atoms with Crippen molar-refractivity contribution in [2.24, 2.45) is 0 Å². The summed E-state index contributed by atoms with van der Waals surface area (Å²) in [7, 11) is 0. The summed E-state index contributed by atoms with van der Waals surface area (Å²) in [6, 6.07) is 9.70. The van der Waals surface area contributed by atoms with Gasteiger partial charge in [-0.05, 0) is 23.8 Å². The third-order valence-corrected chi connectivity index (χ3v) is 2.89. The fourth-order valence-electron chi connectivity index (χ4n) is 2.00. The predicted octanol–water partition coefficient (Wildman–Crippen LogP) is 2.52. The summed E-state index contributed by atoms with van der Waals surface area (Å²) in [6.07, 6.45) is 7.67. The number of hydrogen-bond donors (Lipinski definition) is 1. The van der Waals surface area contributed by atoms with Gasteiger partial charge in [-0.2, -0.15) is 5.10 Å². The van der Waals surface area contributed by atoms with Crippen molar-refractivity contribution < 1.29 is 9.90 Å². The van der Waals surface area contributed by atoms with Crippen molar-refractivity contribution in [2.75, 3.05) is 0 Å². The fraction of sp³-hybridized carbons (Fsp3) is 0. The van der Waals surface area contributed by atoms with Gasteiger partial charge in [0.25, 0.3) is 0 Å². The Morgan fingerprint density at radius 2 is 2.05 bits per heavy atom. The third kappa shape index (κ3) is 2.29. The molecule has 2 heterocycles. The molecule has 0 aliphatic rings. The molecule has 0 atom stereocenters. The molecule has 1 N–H and O–H groups in total.